The fourth-order valence-corrected chi connectivity index (χ4v) is 4.45. The summed E-state index contributed by atoms with van der Waals surface area (Å²) in [4.78, 5) is 17.5. The highest BCUT2D eigenvalue weighted by molar-refractivity contribution is 6.00. The monoisotopic (exact) mass is 489 g/mol. The molecule has 3 aromatic carbocycles. The van der Waals surface area contributed by atoms with Gasteiger partial charge in [-0.2, -0.15) is 0 Å². The smallest absolute Gasteiger partial charge is 0.268 e. The molecule has 0 saturated carbocycles. The van der Waals surface area contributed by atoms with Gasteiger partial charge in [-0.3, -0.25) is 15.2 Å². The maximum Gasteiger partial charge on any atom is 0.268 e. The molecule has 0 aliphatic carbocycles. The third-order valence-electron chi connectivity index (χ3n) is 6.36. The molecule has 0 aliphatic heterocycles. The third-order valence-corrected chi connectivity index (χ3v) is 6.36. The number of amides is 1. The Bertz CT molecular complexity index is 1570. The Morgan fingerprint density at radius 1 is 0.946 bits per heavy atom. The maximum atomic E-state index is 13.4. The van der Waals surface area contributed by atoms with Gasteiger partial charge in [-0.05, 0) is 58.7 Å². The zero-order valence-electron chi connectivity index (χ0n) is 20.4. The van der Waals surface area contributed by atoms with Crippen LogP contribution >= 0.6 is 0 Å². The largest absolute Gasteiger partial charge is 0.496 e. The lowest BCUT2D eigenvalue weighted by molar-refractivity contribution is 0.0942. The second kappa shape index (κ2) is 10.4. The molecular formula is C30H27N5O2. The van der Waals surface area contributed by atoms with Crippen LogP contribution < -0.4 is 15.8 Å². The van der Waals surface area contributed by atoms with Gasteiger partial charge >= 0.3 is 0 Å². The summed E-state index contributed by atoms with van der Waals surface area (Å²) in [6.45, 7) is 0.842. The Morgan fingerprint density at radius 3 is 2.41 bits per heavy atom. The SMILES string of the molecule is COc1cccc2c1cc(C(=O)NCc1ccc(-c3ccncc3)cc1)n2Cc1cccc(C(=N)N)c1. The molecule has 184 valence electrons. The maximum absolute atomic E-state index is 13.4. The summed E-state index contributed by atoms with van der Waals surface area (Å²) in [5.74, 6) is 0.530. The van der Waals surface area contributed by atoms with E-state index in [9.17, 15) is 4.79 Å². The van der Waals surface area contributed by atoms with E-state index in [0.29, 0.717) is 30.1 Å². The van der Waals surface area contributed by atoms with Crippen molar-refractivity contribution >= 4 is 22.6 Å². The Balaban J connectivity index is 1.42. The van der Waals surface area contributed by atoms with Crippen LogP contribution in [0.25, 0.3) is 22.0 Å². The van der Waals surface area contributed by atoms with E-state index in [-0.39, 0.29) is 11.7 Å². The number of fused-ring (bicyclic) bond motifs is 1. The molecule has 7 nitrogen and oxygen atoms in total. The van der Waals surface area contributed by atoms with Crippen molar-refractivity contribution < 1.29 is 9.53 Å². The average Bonchev–Trinajstić information content (AvgIpc) is 3.31. The minimum Gasteiger partial charge on any atom is -0.496 e. The van der Waals surface area contributed by atoms with Gasteiger partial charge < -0.3 is 20.4 Å². The molecule has 2 aromatic heterocycles. The van der Waals surface area contributed by atoms with Crippen molar-refractivity contribution in [3.63, 3.8) is 0 Å². The van der Waals surface area contributed by atoms with Crippen LogP contribution in [0.15, 0.2) is 97.3 Å². The first-order valence-electron chi connectivity index (χ1n) is 11.9. The molecule has 5 rings (SSSR count). The lowest BCUT2D eigenvalue weighted by Gasteiger charge is -2.13. The summed E-state index contributed by atoms with van der Waals surface area (Å²) in [6, 6.07) is 27.2. The van der Waals surface area contributed by atoms with Crippen molar-refractivity contribution in [2.24, 2.45) is 5.73 Å². The minimum absolute atomic E-state index is 0.00815. The summed E-state index contributed by atoms with van der Waals surface area (Å²) in [7, 11) is 1.62. The van der Waals surface area contributed by atoms with Crippen molar-refractivity contribution in [3.8, 4) is 16.9 Å². The first-order chi connectivity index (χ1) is 18.0. The highest BCUT2D eigenvalue weighted by Crippen LogP contribution is 2.30. The number of hydrogen-bond donors (Lipinski definition) is 3. The number of benzene rings is 3. The third kappa shape index (κ3) is 5.06. The molecule has 0 aliphatic rings. The van der Waals surface area contributed by atoms with Crippen LogP contribution in [0.2, 0.25) is 0 Å². The second-order valence-corrected chi connectivity index (χ2v) is 8.74. The van der Waals surface area contributed by atoms with Gasteiger partial charge in [0.2, 0.25) is 0 Å². The fraction of sp³-hybridized carbons (Fsp3) is 0.100. The zero-order valence-corrected chi connectivity index (χ0v) is 20.4. The summed E-state index contributed by atoms with van der Waals surface area (Å²) >= 11 is 0. The lowest BCUT2D eigenvalue weighted by Crippen LogP contribution is -2.25. The number of nitrogen functional groups attached to an aromatic ring is 1. The Morgan fingerprint density at radius 2 is 1.68 bits per heavy atom. The van der Waals surface area contributed by atoms with Gasteiger partial charge in [0, 0.05) is 36.4 Å². The predicted molar refractivity (Wildman–Crippen MR) is 146 cm³/mol. The molecule has 0 spiro atoms. The van der Waals surface area contributed by atoms with Gasteiger partial charge in [0.15, 0.2) is 0 Å². The highest BCUT2D eigenvalue weighted by atomic mass is 16.5. The molecule has 37 heavy (non-hydrogen) atoms. The molecule has 0 radical (unpaired) electrons. The number of pyridine rings is 1. The molecule has 0 bridgehead atoms. The molecule has 7 heteroatoms. The van der Waals surface area contributed by atoms with E-state index in [0.717, 1.165) is 33.2 Å². The van der Waals surface area contributed by atoms with Crippen LogP contribution in [0.1, 0.15) is 27.2 Å². The zero-order chi connectivity index (χ0) is 25.8. The standard InChI is InChI=1S/C30H27N5O2/c1-37-28-7-3-6-26-25(28)17-27(35(26)19-21-4-2-5-24(16-21)29(31)32)30(36)34-18-20-8-10-22(11-9-20)23-12-14-33-15-13-23/h2-17H,18-19H2,1H3,(H3,31,32)(H,34,36). The molecule has 0 atom stereocenters. The molecule has 1 amide bonds. The molecule has 0 fully saturated rings. The first-order valence-corrected chi connectivity index (χ1v) is 11.9. The van der Waals surface area contributed by atoms with E-state index in [1.165, 1.54) is 0 Å². The molecule has 0 unspecified atom stereocenters. The normalized spacial score (nSPS) is 10.8. The van der Waals surface area contributed by atoms with Crippen molar-refractivity contribution in [2.45, 2.75) is 13.1 Å². The van der Waals surface area contributed by atoms with Crippen LogP contribution in [0.4, 0.5) is 0 Å². The summed E-state index contributed by atoms with van der Waals surface area (Å²) in [5.41, 5.74) is 11.9. The molecule has 2 heterocycles. The predicted octanol–water partition coefficient (Wildman–Crippen LogP) is 4.97. The van der Waals surface area contributed by atoms with E-state index in [4.69, 9.17) is 15.9 Å². The number of methoxy groups -OCH3 is 1. The van der Waals surface area contributed by atoms with E-state index < -0.39 is 0 Å². The van der Waals surface area contributed by atoms with Crippen LogP contribution in [0, 0.1) is 5.41 Å². The topological polar surface area (TPSA) is 106 Å². The van der Waals surface area contributed by atoms with Gasteiger partial charge in [-0.1, -0.05) is 48.5 Å². The Labute approximate surface area is 215 Å². The quantitative estimate of drug-likeness (QED) is 0.211. The number of carbonyl (C=O) groups excluding carboxylic acids is 1. The van der Waals surface area contributed by atoms with E-state index in [2.05, 4.69) is 10.3 Å². The van der Waals surface area contributed by atoms with Gasteiger partial charge in [0.25, 0.3) is 5.91 Å². The van der Waals surface area contributed by atoms with Crippen molar-refractivity contribution in [1.29, 1.82) is 5.41 Å². The van der Waals surface area contributed by atoms with Crippen LogP contribution in [-0.4, -0.2) is 28.4 Å². The van der Waals surface area contributed by atoms with E-state index in [1.54, 1.807) is 25.6 Å². The molecule has 0 saturated heterocycles. The summed E-state index contributed by atoms with van der Waals surface area (Å²) < 4.78 is 7.53. The number of rotatable bonds is 8. The minimum atomic E-state index is -0.181. The first kappa shape index (κ1) is 23.8. The van der Waals surface area contributed by atoms with Crippen LogP contribution in [-0.2, 0) is 13.1 Å². The highest BCUT2D eigenvalue weighted by Gasteiger charge is 2.18. The number of aromatic nitrogens is 2. The second-order valence-electron chi connectivity index (χ2n) is 8.74. The number of nitrogens with one attached hydrogen (secondary N) is 2. The number of nitrogens with two attached hydrogens (primary N) is 1. The van der Waals surface area contributed by atoms with Gasteiger partial charge in [-0.15, -0.1) is 0 Å². The lowest BCUT2D eigenvalue weighted by atomic mass is 10.1. The summed E-state index contributed by atoms with van der Waals surface area (Å²) in [6.07, 6.45) is 3.54. The van der Waals surface area contributed by atoms with Crippen molar-refractivity contribution in [1.82, 2.24) is 14.9 Å². The molecule has 4 N–H and O–H groups in total. The van der Waals surface area contributed by atoms with Crippen LogP contribution in [0.3, 0.4) is 0 Å². The van der Waals surface area contributed by atoms with Crippen molar-refractivity contribution in [2.75, 3.05) is 7.11 Å². The van der Waals surface area contributed by atoms with Gasteiger partial charge in [0.1, 0.15) is 17.3 Å². The molecular weight excluding hydrogens is 462 g/mol. The average molecular weight is 490 g/mol. The number of carbonyl (C=O) groups is 1. The molecule has 5 aromatic rings. The summed E-state index contributed by atoms with van der Waals surface area (Å²) in [5, 5.41) is 11.7. The number of hydrogen-bond acceptors (Lipinski definition) is 4. The Hall–Kier alpha value is -4.91. The number of ether oxygens (including phenoxy) is 1. The number of amidine groups is 1. The van der Waals surface area contributed by atoms with E-state index in [1.807, 2.05) is 83.4 Å². The van der Waals surface area contributed by atoms with Crippen LogP contribution in [0.5, 0.6) is 5.75 Å². The number of nitrogens with zero attached hydrogens (tertiary/aromatic N) is 2. The Kier molecular flexibility index (Phi) is 6.68. The van der Waals surface area contributed by atoms with Crippen molar-refractivity contribution in [3.05, 3.63) is 120 Å². The fourth-order valence-electron chi connectivity index (χ4n) is 4.45. The van der Waals surface area contributed by atoms with Gasteiger partial charge in [0.05, 0.1) is 12.6 Å². The van der Waals surface area contributed by atoms with E-state index >= 15 is 0 Å². The van der Waals surface area contributed by atoms with Gasteiger partial charge in [-0.25, -0.2) is 0 Å².